The number of nitrogens with zero attached hydrogens (tertiary/aromatic N) is 3. The van der Waals surface area contributed by atoms with E-state index in [0.717, 1.165) is 78.8 Å². The first-order valence-corrected chi connectivity index (χ1v) is 11.3. The number of hydrogen-bond acceptors (Lipinski definition) is 6. The number of H-pyrrole nitrogens is 1. The minimum Gasteiger partial charge on any atom is -0.379 e. The number of benzene rings is 1. The van der Waals surface area contributed by atoms with Crippen molar-refractivity contribution in [2.45, 2.75) is 32.7 Å². The molecule has 8 nitrogen and oxygen atoms in total. The molecule has 1 fully saturated rings. The van der Waals surface area contributed by atoms with Crippen molar-refractivity contribution in [3.8, 4) is 11.3 Å². The number of morpholine rings is 1. The molecule has 0 bridgehead atoms. The highest BCUT2D eigenvalue weighted by Gasteiger charge is 2.25. The van der Waals surface area contributed by atoms with Gasteiger partial charge in [-0.15, -0.1) is 0 Å². The monoisotopic (exact) mass is 434 g/mol. The summed E-state index contributed by atoms with van der Waals surface area (Å²) in [6, 6.07) is 7.93. The zero-order valence-corrected chi connectivity index (χ0v) is 18.9. The van der Waals surface area contributed by atoms with Crippen LogP contribution >= 0.6 is 0 Å². The van der Waals surface area contributed by atoms with Gasteiger partial charge in [0.15, 0.2) is 0 Å². The van der Waals surface area contributed by atoms with Gasteiger partial charge in [-0.1, -0.05) is 12.1 Å². The Morgan fingerprint density at radius 2 is 2.00 bits per heavy atom. The van der Waals surface area contributed by atoms with Crippen LogP contribution in [0.15, 0.2) is 24.3 Å². The van der Waals surface area contributed by atoms with Gasteiger partial charge >= 0.3 is 0 Å². The summed E-state index contributed by atoms with van der Waals surface area (Å²) in [5, 5.41) is 6.54. The number of aromatic nitrogens is 3. The Morgan fingerprint density at radius 3 is 2.78 bits per heavy atom. The van der Waals surface area contributed by atoms with Gasteiger partial charge in [0.1, 0.15) is 11.3 Å². The fourth-order valence-electron chi connectivity index (χ4n) is 4.62. The van der Waals surface area contributed by atoms with Crippen molar-refractivity contribution < 1.29 is 9.53 Å². The first-order valence-electron chi connectivity index (χ1n) is 11.3. The van der Waals surface area contributed by atoms with E-state index in [1.165, 1.54) is 0 Å². The summed E-state index contributed by atoms with van der Waals surface area (Å²) in [6.45, 7) is 11.4. The standard InChI is InChI=1S/C24H30N6O2/c1-15-22(29-24(2,3)14-30-9-11-32-12-10-30)28-21-16(5-4-6-19(21)26-15)20-13-17-18(27-20)7-8-25-23(17)31/h4-6,13,27H,7-12,14H2,1-3H3,(H,25,31)(H,28,29). The molecule has 4 heterocycles. The van der Waals surface area contributed by atoms with Crippen LogP contribution in [0.5, 0.6) is 0 Å². The second-order valence-electron chi connectivity index (χ2n) is 9.31. The average Bonchev–Trinajstić information content (AvgIpc) is 3.20. The van der Waals surface area contributed by atoms with Crippen LogP contribution in [0.4, 0.5) is 5.82 Å². The molecule has 0 aliphatic carbocycles. The number of carbonyl (C=O) groups excluding carboxylic acids is 1. The summed E-state index contributed by atoms with van der Waals surface area (Å²) in [6.07, 6.45) is 0.805. The van der Waals surface area contributed by atoms with Crippen LogP contribution in [0, 0.1) is 6.92 Å². The number of para-hydroxylation sites is 1. The zero-order chi connectivity index (χ0) is 22.3. The van der Waals surface area contributed by atoms with E-state index in [1.54, 1.807) is 0 Å². The summed E-state index contributed by atoms with van der Waals surface area (Å²) in [4.78, 5) is 27.9. The van der Waals surface area contributed by atoms with E-state index in [1.807, 2.05) is 31.2 Å². The highest BCUT2D eigenvalue weighted by atomic mass is 16.5. The largest absolute Gasteiger partial charge is 0.379 e. The number of ether oxygens (including phenoxy) is 1. The van der Waals surface area contributed by atoms with Gasteiger partial charge in [0.2, 0.25) is 0 Å². The molecule has 168 valence electrons. The lowest BCUT2D eigenvalue weighted by Crippen LogP contribution is -2.48. The van der Waals surface area contributed by atoms with Crippen LogP contribution in [0.1, 0.15) is 35.6 Å². The summed E-state index contributed by atoms with van der Waals surface area (Å²) < 4.78 is 5.48. The number of anilines is 1. The SMILES string of the molecule is Cc1nc2cccc(-c3cc4c([nH]3)CCNC4=O)c2nc1NC(C)(C)CN1CCOCC1. The molecule has 1 aromatic carbocycles. The lowest BCUT2D eigenvalue weighted by molar-refractivity contribution is 0.0317. The fraction of sp³-hybridized carbons (Fsp3) is 0.458. The second-order valence-corrected chi connectivity index (χ2v) is 9.31. The van der Waals surface area contributed by atoms with Crippen molar-refractivity contribution in [1.29, 1.82) is 0 Å². The van der Waals surface area contributed by atoms with E-state index in [9.17, 15) is 4.79 Å². The van der Waals surface area contributed by atoms with Gasteiger partial charge in [-0.3, -0.25) is 9.69 Å². The Labute approximate surface area is 187 Å². The molecule has 0 unspecified atom stereocenters. The van der Waals surface area contributed by atoms with Gasteiger partial charge in [-0.05, 0) is 32.9 Å². The van der Waals surface area contributed by atoms with Crippen molar-refractivity contribution in [3.63, 3.8) is 0 Å². The third kappa shape index (κ3) is 4.08. The smallest absolute Gasteiger partial charge is 0.253 e. The molecular weight excluding hydrogens is 404 g/mol. The molecule has 0 atom stereocenters. The number of aromatic amines is 1. The third-order valence-corrected chi connectivity index (χ3v) is 6.14. The van der Waals surface area contributed by atoms with Gasteiger partial charge in [-0.2, -0.15) is 0 Å². The molecule has 5 rings (SSSR count). The minimum absolute atomic E-state index is 0.0249. The number of hydrogen-bond donors (Lipinski definition) is 3. The van der Waals surface area contributed by atoms with Crippen LogP contribution in [-0.2, 0) is 11.2 Å². The molecule has 32 heavy (non-hydrogen) atoms. The number of amides is 1. The maximum Gasteiger partial charge on any atom is 0.253 e. The van der Waals surface area contributed by atoms with Gasteiger partial charge in [0.05, 0.1) is 30.0 Å². The quantitative estimate of drug-likeness (QED) is 0.572. The predicted molar refractivity (Wildman–Crippen MR) is 125 cm³/mol. The summed E-state index contributed by atoms with van der Waals surface area (Å²) in [5.74, 6) is 0.764. The Kier molecular flexibility index (Phi) is 5.35. The molecule has 3 aromatic rings. The lowest BCUT2D eigenvalue weighted by atomic mass is 10.0. The summed E-state index contributed by atoms with van der Waals surface area (Å²) in [7, 11) is 0. The molecule has 2 aliphatic rings. The molecule has 1 amide bonds. The van der Waals surface area contributed by atoms with Gasteiger partial charge in [0, 0.05) is 55.1 Å². The topological polar surface area (TPSA) is 95.2 Å². The molecule has 8 heteroatoms. The van der Waals surface area contributed by atoms with Crippen molar-refractivity contribution in [1.82, 2.24) is 25.2 Å². The molecule has 1 saturated heterocycles. The highest BCUT2D eigenvalue weighted by Crippen LogP contribution is 2.31. The third-order valence-electron chi connectivity index (χ3n) is 6.14. The Bertz CT molecular complexity index is 1160. The maximum absolute atomic E-state index is 12.2. The van der Waals surface area contributed by atoms with Crippen molar-refractivity contribution >= 4 is 22.8 Å². The van der Waals surface area contributed by atoms with Crippen LogP contribution in [-0.4, -0.2) is 70.7 Å². The van der Waals surface area contributed by atoms with E-state index in [0.29, 0.717) is 12.1 Å². The molecule has 0 spiro atoms. The molecule has 0 saturated carbocycles. The van der Waals surface area contributed by atoms with Crippen molar-refractivity contribution in [2.24, 2.45) is 0 Å². The number of carbonyl (C=O) groups is 1. The predicted octanol–water partition coefficient (Wildman–Crippen LogP) is 2.74. The minimum atomic E-state index is -0.178. The summed E-state index contributed by atoms with van der Waals surface area (Å²) in [5.41, 5.74) is 5.90. The molecule has 3 N–H and O–H groups in total. The van der Waals surface area contributed by atoms with E-state index in [-0.39, 0.29) is 11.4 Å². The molecule has 0 radical (unpaired) electrons. The molecular formula is C24H30N6O2. The molecule has 2 aliphatic heterocycles. The number of aryl methyl sites for hydroxylation is 1. The lowest BCUT2D eigenvalue weighted by Gasteiger charge is -2.36. The van der Waals surface area contributed by atoms with Crippen LogP contribution in [0.25, 0.3) is 22.3 Å². The average molecular weight is 435 g/mol. The normalized spacial score (nSPS) is 17.3. The first-order chi connectivity index (χ1) is 15.4. The Hall–Kier alpha value is -2.97. The second kappa shape index (κ2) is 8.18. The zero-order valence-electron chi connectivity index (χ0n) is 18.9. The number of rotatable bonds is 5. The first kappa shape index (κ1) is 20.9. The highest BCUT2D eigenvalue weighted by molar-refractivity contribution is 5.99. The van der Waals surface area contributed by atoms with Gasteiger partial charge in [0.25, 0.3) is 5.91 Å². The van der Waals surface area contributed by atoms with E-state index in [4.69, 9.17) is 14.7 Å². The fourth-order valence-corrected chi connectivity index (χ4v) is 4.62. The summed E-state index contributed by atoms with van der Waals surface area (Å²) >= 11 is 0. The molecule has 2 aromatic heterocycles. The van der Waals surface area contributed by atoms with Gasteiger partial charge in [-0.25, -0.2) is 9.97 Å². The van der Waals surface area contributed by atoms with Crippen LogP contribution < -0.4 is 10.6 Å². The van der Waals surface area contributed by atoms with E-state index < -0.39 is 0 Å². The van der Waals surface area contributed by atoms with Crippen molar-refractivity contribution in [3.05, 3.63) is 41.2 Å². The van der Waals surface area contributed by atoms with E-state index >= 15 is 0 Å². The van der Waals surface area contributed by atoms with E-state index in [2.05, 4.69) is 34.4 Å². The maximum atomic E-state index is 12.2. The van der Waals surface area contributed by atoms with Crippen molar-refractivity contribution in [2.75, 3.05) is 44.7 Å². The number of nitrogens with one attached hydrogen (secondary N) is 3. The van der Waals surface area contributed by atoms with Crippen LogP contribution in [0.3, 0.4) is 0 Å². The number of fused-ring (bicyclic) bond motifs is 2. The Balaban J connectivity index is 1.49. The Morgan fingerprint density at radius 1 is 1.19 bits per heavy atom. The van der Waals surface area contributed by atoms with Crippen LogP contribution in [0.2, 0.25) is 0 Å². The van der Waals surface area contributed by atoms with Gasteiger partial charge < -0.3 is 20.4 Å².